The third kappa shape index (κ3) is 16.9. The molecule has 0 radical (unpaired) electrons. The van der Waals surface area contributed by atoms with E-state index in [1.165, 1.54) is 6.26 Å². The van der Waals surface area contributed by atoms with Gasteiger partial charge in [0.25, 0.3) is 0 Å². The van der Waals surface area contributed by atoms with E-state index in [1.54, 1.807) is 7.05 Å². The van der Waals surface area contributed by atoms with Crippen LogP contribution >= 0.6 is 24.0 Å². The van der Waals surface area contributed by atoms with Gasteiger partial charge in [-0.25, -0.2) is 13.2 Å². The second-order valence-corrected chi connectivity index (χ2v) is 10.7. The summed E-state index contributed by atoms with van der Waals surface area (Å²) in [5.41, 5.74) is -0.530. The molecular formula is C19H41IN4O5S. The van der Waals surface area contributed by atoms with E-state index in [9.17, 15) is 13.2 Å². The van der Waals surface area contributed by atoms with Crippen LogP contribution in [0.25, 0.3) is 0 Å². The molecule has 11 heteroatoms. The number of sulfone groups is 1. The quantitative estimate of drug-likeness (QED) is 0.171. The fourth-order valence-electron chi connectivity index (χ4n) is 2.40. The van der Waals surface area contributed by atoms with E-state index in [0.717, 1.165) is 6.42 Å². The number of aliphatic imine (C=N–C) groups is 1. The van der Waals surface area contributed by atoms with Crippen molar-refractivity contribution in [3.63, 3.8) is 0 Å². The molecule has 0 spiro atoms. The van der Waals surface area contributed by atoms with E-state index in [2.05, 4.69) is 29.5 Å². The van der Waals surface area contributed by atoms with E-state index in [4.69, 9.17) is 9.47 Å². The van der Waals surface area contributed by atoms with Crippen LogP contribution in [-0.4, -0.2) is 89.4 Å². The van der Waals surface area contributed by atoms with Crippen LogP contribution in [0.1, 0.15) is 41.0 Å². The molecule has 0 aliphatic rings. The first kappa shape index (κ1) is 31.4. The van der Waals surface area contributed by atoms with Gasteiger partial charge >= 0.3 is 6.09 Å². The van der Waals surface area contributed by atoms with Crippen molar-refractivity contribution in [3.8, 4) is 0 Å². The summed E-state index contributed by atoms with van der Waals surface area (Å²) in [7, 11) is 0.614. The molecule has 0 bridgehead atoms. The molecule has 0 aliphatic carbocycles. The molecule has 0 saturated heterocycles. The van der Waals surface area contributed by atoms with Crippen LogP contribution in [0.4, 0.5) is 4.79 Å². The lowest BCUT2D eigenvalue weighted by Gasteiger charge is -2.28. The van der Waals surface area contributed by atoms with Gasteiger partial charge in [0.05, 0.1) is 19.0 Å². The topological polar surface area (TPSA) is 109 Å². The van der Waals surface area contributed by atoms with Gasteiger partial charge in [-0.05, 0) is 33.1 Å². The molecule has 0 rings (SSSR count). The van der Waals surface area contributed by atoms with Gasteiger partial charge in [-0.15, -0.1) is 24.0 Å². The summed E-state index contributed by atoms with van der Waals surface area (Å²) >= 11 is 0. The zero-order valence-electron chi connectivity index (χ0n) is 19.6. The normalized spacial score (nSPS) is 13.4. The second kappa shape index (κ2) is 15.1. The van der Waals surface area contributed by atoms with Gasteiger partial charge in [0, 0.05) is 39.5 Å². The lowest BCUT2D eigenvalue weighted by molar-refractivity contribution is 0.0485. The Labute approximate surface area is 199 Å². The van der Waals surface area contributed by atoms with E-state index in [-0.39, 0.29) is 48.3 Å². The molecule has 0 aromatic rings. The number of rotatable bonds is 11. The van der Waals surface area contributed by atoms with Gasteiger partial charge in [-0.1, -0.05) is 13.8 Å². The largest absolute Gasteiger partial charge is 0.444 e. The van der Waals surface area contributed by atoms with Crippen molar-refractivity contribution in [1.29, 1.82) is 0 Å². The molecule has 1 atom stereocenters. The molecule has 180 valence electrons. The van der Waals surface area contributed by atoms with E-state index in [0.29, 0.717) is 25.7 Å². The van der Waals surface area contributed by atoms with Crippen LogP contribution in [0.15, 0.2) is 4.99 Å². The van der Waals surface area contributed by atoms with Gasteiger partial charge in [0.2, 0.25) is 0 Å². The van der Waals surface area contributed by atoms with E-state index >= 15 is 0 Å². The Morgan fingerprint density at radius 3 is 2.27 bits per heavy atom. The fourth-order valence-corrected chi connectivity index (χ4v) is 2.82. The number of guanidine groups is 1. The Balaban J connectivity index is 0. The Morgan fingerprint density at radius 2 is 1.80 bits per heavy atom. The molecule has 0 aliphatic heterocycles. The number of alkyl carbamates (subject to hydrolysis) is 1. The highest BCUT2D eigenvalue weighted by Gasteiger charge is 2.22. The Morgan fingerprint density at radius 1 is 1.20 bits per heavy atom. The predicted octanol–water partition coefficient (Wildman–Crippen LogP) is 2.11. The van der Waals surface area contributed by atoms with Crippen molar-refractivity contribution in [2.24, 2.45) is 10.9 Å². The minimum absolute atomic E-state index is 0. The first-order chi connectivity index (χ1) is 13.2. The van der Waals surface area contributed by atoms with Crippen LogP contribution in [-0.2, 0) is 19.3 Å². The summed E-state index contributed by atoms with van der Waals surface area (Å²) in [5.74, 6) is 0.980. The number of nitrogens with zero attached hydrogens (tertiary/aromatic N) is 2. The lowest BCUT2D eigenvalue weighted by atomic mass is 10.0. The molecule has 0 aromatic carbocycles. The molecule has 0 aromatic heterocycles. The molecule has 0 heterocycles. The standard InChI is InChI=1S/C19H40N4O5S.HI/c1-15(2)16(22-18(24)28-19(3,4)5)9-11-23(7)17(20-6)21-10-12-27-13-14-29(8,25)26;/h15-16H,9-14H2,1-8H3,(H,20,21)(H,22,24);1H. The highest BCUT2D eigenvalue weighted by molar-refractivity contribution is 14.0. The molecule has 2 N–H and O–H groups in total. The van der Waals surface area contributed by atoms with Gasteiger partial charge in [-0.3, -0.25) is 4.99 Å². The van der Waals surface area contributed by atoms with Crippen LogP contribution in [0, 0.1) is 5.92 Å². The molecule has 0 saturated carbocycles. The summed E-state index contributed by atoms with van der Waals surface area (Å²) in [6.45, 7) is 11.4. The van der Waals surface area contributed by atoms with Crippen LogP contribution in [0.5, 0.6) is 0 Å². The van der Waals surface area contributed by atoms with Gasteiger partial charge in [-0.2, -0.15) is 0 Å². The monoisotopic (exact) mass is 564 g/mol. The highest BCUT2D eigenvalue weighted by atomic mass is 127. The number of carbonyl (C=O) groups is 1. The smallest absolute Gasteiger partial charge is 0.407 e. The molecule has 9 nitrogen and oxygen atoms in total. The Bertz CT molecular complexity index is 621. The number of ether oxygens (including phenoxy) is 2. The summed E-state index contributed by atoms with van der Waals surface area (Å²) in [5, 5.41) is 6.13. The number of hydrogen-bond acceptors (Lipinski definition) is 6. The maximum atomic E-state index is 12.1. The van der Waals surface area contributed by atoms with Gasteiger partial charge in [0.1, 0.15) is 15.4 Å². The second-order valence-electron chi connectivity index (χ2n) is 8.42. The van der Waals surface area contributed by atoms with Crippen molar-refractivity contribution in [3.05, 3.63) is 0 Å². The zero-order valence-corrected chi connectivity index (χ0v) is 22.8. The van der Waals surface area contributed by atoms with Gasteiger partial charge in [0.15, 0.2) is 5.96 Å². The Hall–Kier alpha value is -0.820. The average Bonchev–Trinajstić information content (AvgIpc) is 2.54. The number of nitrogens with one attached hydrogen (secondary N) is 2. The average molecular weight is 565 g/mol. The third-order valence-corrected chi connectivity index (χ3v) is 4.89. The van der Waals surface area contributed by atoms with Crippen LogP contribution in [0.3, 0.4) is 0 Å². The van der Waals surface area contributed by atoms with Gasteiger partial charge < -0.3 is 25.0 Å². The minimum Gasteiger partial charge on any atom is -0.444 e. The number of amides is 1. The minimum atomic E-state index is -3.00. The number of halogens is 1. The van der Waals surface area contributed by atoms with Crippen molar-refractivity contribution in [2.75, 3.05) is 52.4 Å². The first-order valence-corrected chi connectivity index (χ1v) is 12.0. The maximum absolute atomic E-state index is 12.1. The molecule has 0 fully saturated rings. The van der Waals surface area contributed by atoms with Crippen molar-refractivity contribution in [2.45, 2.75) is 52.7 Å². The molecule has 1 amide bonds. The predicted molar refractivity (Wildman–Crippen MR) is 133 cm³/mol. The molecule has 30 heavy (non-hydrogen) atoms. The summed E-state index contributed by atoms with van der Waals surface area (Å²) in [6, 6.07) is -0.0234. The number of carbonyl (C=O) groups excluding carboxylic acids is 1. The zero-order chi connectivity index (χ0) is 22.7. The van der Waals surface area contributed by atoms with Crippen molar-refractivity contribution < 1.29 is 22.7 Å². The third-order valence-electron chi connectivity index (χ3n) is 3.98. The molecular weight excluding hydrogens is 523 g/mol. The highest BCUT2D eigenvalue weighted by Crippen LogP contribution is 2.11. The van der Waals surface area contributed by atoms with E-state index < -0.39 is 21.5 Å². The summed E-state index contributed by atoms with van der Waals surface area (Å²) in [4.78, 5) is 18.3. The summed E-state index contributed by atoms with van der Waals surface area (Å²) < 4.78 is 32.8. The van der Waals surface area contributed by atoms with Crippen LogP contribution < -0.4 is 10.6 Å². The lowest BCUT2D eigenvalue weighted by Crippen LogP contribution is -2.45. The Kier molecular flexibility index (Phi) is 15.7. The van der Waals surface area contributed by atoms with Crippen molar-refractivity contribution >= 4 is 45.9 Å². The maximum Gasteiger partial charge on any atom is 0.407 e. The summed E-state index contributed by atoms with van der Waals surface area (Å²) in [6.07, 6.45) is 1.51. The van der Waals surface area contributed by atoms with Crippen LogP contribution in [0.2, 0.25) is 0 Å². The van der Waals surface area contributed by atoms with Crippen molar-refractivity contribution in [1.82, 2.24) is 15.5 Å². The first-order valence-electron chi connectivity index (χ1n) is 9.92. The van der Waals surface area contributed by atoms with E-state index in [1.807, 2.05) is 32.7 Å². The fraction of sp³-hybridized carbons (Fsp3) is 0.895. The molecule has 1 unspecified atom stereocenters. The number of hydrogen-bond donors (Lipinski definition) is 2. The SMILES string of the molecule is CN=C(NCCOCCS(C)(=O)=O)N(C)CCC(NC(=O)OC(C)(C)C)C(C)C.I.